The number of fused-ring (bicyclic) bond motifs is 1. The molecule has 3 nitrogen and oxygen atoms in total. The van der Waals surface area contributed by atoms with Crippen LogP contribution in [0, 0.1) is 0 Å². The molecule has 122 valence electrons. The number of pyridine rings is 1. The number of halogens is 1. The smallest absolute Gasteiger partial charge is 0.138 e. The van der Waals surface area contributed by atoms with Crippen LogP contribution in [-0.4, -0.2) is 31.2 Å². The molecule has 1 aliphatic rings. The Bertz CT molecular complexity index is 827. The van der Waals surface area contributed by atoms with Crippen molar-refractivity contribution in [2.24, 2.45) is 0 Å². The molecule has 4 rings (SSSR count). The number of nitrogens with zero attached hydrogens (tertiary/aromatic N) is 2. The van der Waals surface area contributed by atoms with Crippen LogP contribution in [0.3, 0.4) is 0 Å². The lowest BCUT2D eigenvalue weighted by atomic mass is 10.1. The van der Waals surface area contributed by atoms with Gasteiger partial charge in [-0.3, -0.25) is 0 Å². The quantitative estimate of drug-likeness (QED) is 0.741. The minimum atomic E-state index is 0.645. The summed E-state index contributed by atoms with van der Waals surface area (Å²) in [4.78, 5) is 8.58. The Hall–Kier alpha value is -2.10. The number of hydrogen-bond acceptors (Lipinski definition) is 2. The lowest BCUT2D eigenvalue weighted by molar-refractivity contribution is -0.914. The van der Waals surface area contributed by atoms with Gasteiger partial charge in [-0.15, -0.1) is 0 Å². The molecule has 0 unspecified atom stereocenters. The van der Waals surface area contributed by atoms with Gasteiger partial charge in [0.05, 0.1) is 31.7 Å². The molecule has 3 aromatic rings. The second-order valence-electron chi connectivity index (χ2n) is 6.38. The number of piperazine rings is 1. The lowest BCUT2D eigenvalue weighted by Crippen LogP contribution is -3.13. The Morgan fingerprint density at radius 3 is 2.46 bits per heavy atom. The van der Waals surface area contributed by atoms with E-state index in [-0.39, 0.29) is 0 Å². The van der Waals surface area contributed by atoms with Crippen LogP contribution in [0.2, 0.25) is 5.15 Å². The molecule has 0 bridgehead atoms. The Kier molecular flexibility index (Phi) is 4.37. The fourth-order valence-corrected chi connectivity index (χ4v) is 3.64. The summed E-state index contributed by atoms with van der Waals surface area (Å²) >= 11 is 6.41. The topological polar surface area (TPSA) is 20.6 Å². The first-order valence-corrected chi connectivity index (χ1v) is 8.85. The summed E-state index contributed by atoms with van der Waals surface area (Å²) in [7, 11) is 0. The van der Waals surface area contributed by atoms with Gasteiger partial charge in [-0.05, 0) is 24.3 Å². The Balaban J connectivity index is 1.45. The highest BCUT2D eigenvalue weighted by Gasteiger charge is 2.21. The average molecular weight is 339 g/mol. The third-order valence-electron chi connectivity index (χ3n) is 4.78. The lowest BCUT2D eigenvalue weighted by Gasteiger charge is -2.33. The zero-order valence-corrected chi connectivity index (χ0v) is 14.3. The Morgan fingerprint density at radius 2 is 1.67 bits per heavy atom. The zero-order valence-electron chi connectivity index (χ0n) is 13.6. The van der Waals surface area contributed by atoms with Gasteiger partial charge in [-0.25, -0.2) is 4.98 Å². The molecule has 1 N–H and O–H groups in total. The molecule has 0 aliphatic carbocycles. The molecule has 0 amide bonds. The average Bonchev–Trinajstić information content (AvgIpc) is 2.64. The molecule has 2 heterocycles. The van der Waals surface area contributed by atoms with E-state index in [9.17, 15) is 0 Å². The first-order valence-electron chi connectivity index (χ1n) is 8.47. The molecule has 4 heteroatoms. The summed E-state index contributed by atoms with van der Waals surface area (Å²) < 4.78 is 0. The summed E-state index contributed by atoms with van der Waals surface area (Å²) in [6.45, 7) is 5.35. The number of para-hydroxylation sites is 2. The monoisotopic (exact) mass is 338 g/mol. The van der Waals surface area contributed by atoms with E-state index in [4.69, 9.17) is 11.6 Å². The van der Waals surface area contributed by atoms with E-state index in [0.717, 1.165) is 43.8 Å². The maximum Gasteiger partial charge on any atom is 0.138 e. The maximum absolute atomic E-state index is 6.41. The third-order valence-corrected chi connectivity index (χ3v) is 5.11. The first kappa shape index (κ1) is 15.4. The van der Waals surface area contributed by atoms with Crippen molar-refractivity contribution in [2.45, 2.75) is 6.54 Å². The second-order valence-corrected chi connectivity index (χ2v) is 6.74. The standard InChI is InChI=1S/C20H20ClN3/c21-20-17(14-16-6-4-5-9-19(16)22-20)15-23-10-12-24(13-11-23)18-7-2-1-3-8-18/h1-9,14H,10-13,15H2/p+1. The van der Waals surface area contributed by atoms with E-state index in [1.54, 1.807) is 4.90 Å². The van der Waals surface area contributed by atoms with Crippen molar-refractivity contribution in [3.8, 4) is 0 Å². The van der Waals surface area contributed by atoms with E-state index in [0.29, 0.717) is 5.15 Å². The molecule has 0 saturated carbocycles. The highest BCUT2D eigenvalue weighted by atomic mass is 35.5. The van der Waals surface area contributed by atoms with Crippen molar-refractivity contribution in [1.29, 1.82) is 0 Å². The van der Waals surface area contributed by atoms with Gasteiger partial charge in [-0.1, -0.05) is 48.0 Å². The molecule has 1 saturated heterocycles. The third kappa shape index (κ3) is 3.23. The van der Waals surface area contributed by atoms with Gasteiger partial charge in [0.25, 0.3) is 0 Å². The maximum atomic E-state index is 6.41. The van der Waals surface area contributed by atoms with Gasteiger partial charge in [0.1, 0.15) is 11.7 Å². The molecule has 24 heavy (non-hydrogen) atoms. The van der Waals surface area contributed by atoms with Crippen molar-refractivity contribution in [3.05, 3.63) is 71.4 Å². The van der Waals surface area contributed by atoms with Crippen LogP contribution in [0.1, 0.15) is 5.56 Å². The van der Waals surface area contributed by atoms with Crippen molar-refractivity contribution in [3.63, 3.8) is 0 Å². The Labute approximate surface area is 147 Å². The molecule has 0 radical (unpaired) electrons. The fourth-order valence-electron chi connectivity index (χ4n) is 3.43. The number of quaternary nitrogens is 1. The van der Waals surface area contributed by atoms with E-state index >= 15 is 0 Å². The van der Waals surface area contributed by atoms with Crippen LogP contribution in [0.25, 0.3) is 10.9 Å². The summed E-state index contributed by atoms with van der Waals surface area (Å²) in [5.74, 6) is 0. The molecule has 0 atom stereocenters. The minimum absolute atomic E-state index is 0.645. The number of nitrogens with one attached hydrogen (secondary N) is 1. The minimum Gasteiger partial charge on any atom is -0.360 e. The number of rotatable bonds is 3. The van der Waals surface area contributed by atoms with Gasteiger partial charge in [0.2, 0.25) is 0 Å². The highest BCUT2D eigenvalue weighted by Crippen LogP contribution is 2.20. The van der Waals surface area contributed by atoms with Gasteiger partial charge in [0.15, 0.2) is 0 Å². The fraction of sp³-hybridized carbons (Fsp3) is 0.250. The van der Waals surface area contributed by atoms with Gasteiger partial charge >= 0.3 is 0 Å². The van der Waals surface area contributed by atoms with Crippen LogP contribution in [0.4, 0.5) is 5.69 Å². The number of hydrogen-bond donors (Lipinski definition) is 1. The van der Waals surface area contributed by atoms with Crippen molar-refractivity contribution in [2.75, 3.05) is 31.1 Å². The summed E-state index contributed by atoms with van der Waals surface area (Å²) in [5.41, 5.74) is 3.44. The van der Waals surface area contributed by atoms with Crippen LogP contribution in [0.5, 0.6) is 0 Å². The van der Waals surface area contributed by atoms with Crippen molar-refractivity contribution < 1.29 is 4.90 Å². The summed E-state index contributed by atoms with van der Waals surface area (Å²) in [5, 5.41) is 1.81. The van der Waals surface area contributed by atoms with E-state index < -0.39 is 0 Å². The first-order chi connectivity index (χ1) is 11.8. The van der Waals surface area contributed by atoms with Gasteiger partial charge in [-0.2, -0.15) is 0 Å². The Morgan fingerprint density at radius 1 is 0.958 bits per heavy atom. The van der Waals surface area contributed by atoms with E-state index in [1.165, 1.54) is 11.1 Å². The largest absolute Gasteiger partial charge is 0.360 e. The second kappa shape index (κ2) is 6.80. The predicted octanol–water partition coefficient (Wildman–Crippen LogP) is 2.79. The van der Waals surface area contributed by atoms with Gasteiger partial charge < -0.3 is 9.80 Å². The van der Waals surface area contributed by atoms with E-state index in [2.05, 4.69) is 52.3 Å². The van der Waals surface area contributed by atoms with Crippen molar-refractivity contribution >= 4 is 28.2 Å². The molecule has 1 fully saturated rings. The van der Waals surface area contributed by atoms with E-state index in [1.807, 2.05) is 18.2 Å². The summed E-state index contributed by atoms with van der Waals surface area (Å²) in [6.07, 6.45) is 0. The van der Waals surface area contributed by atoms with Crippen LogP contribution < -0.4 is 9.80 Å². The predicted molar refractivity (Wildman–Crippen MR) is 99.8 cm³/mol. The highest BCUT2D eigenvalue weighted by molar-refractivity contribution is 6.30. The number of aromatic nitrogens is 1. The van der Waals surface area contributed by atoms with Crippen LogP contribution in [-0.2, 0) is 6.54 Å². The van der Waals surface area contributed by atoms with Crippen LogP contribution >= 0.6 is 11.6 Å². The normalized spacial score (nSPS) is 15.8. The summed E-state index contributed by atoms with van der Waals surface area (Å²) in [6, 6.07) is 21.0. The number of benzene rings is 2. The van der Waals surface area contributed by atoms with Gasteiger partial charge in [0, 0.05) is 16.6 Å². The van der Waals surface area contributed by atoms with Crippen molar-refractivity contribution in [1.82, 2.24) is 4.98 Å². The molecular formula is C20H21ClN3+. The molecule has 0 spiro atoms. The molecule has 1 aliphatic heterocycles. The molecule has 1 aromatic heterocycles. The van der Waals surface area contributed by atoms with Crippen LogP contribution in [0.15, 0.2) is 60.7 Å². The molecular weight excluding hydrogens is 318 g/mol. The number of anilines is 1. The molecule has 2 aromatic carbocycles. The zero-order chi connectivity index (χ0) is 16.4. The SMILES string of the molecule is Clc1nc2ccccc2cc1C[NH+]1CCN(c2ccccc2)CC1.